The van der Waals surface area contributed by atoms with Crippen LogP contribution < -0.4 is 5.46 Å². The van der Waals surface area contributed by atoms with Crippen LogP contribution in [0.15, 0.2) is 24.0 Å². The van der Waals surface area contributed by atoms with E-state index in [1.54, 1.807) is 6.07 Å². The van der Waals surface area contributed by atoms with Gasteiger partial charge in [0.2, 0.25) is 0 Å². The molecule has 0 radical (unpaired) electrons. The standard InChI is InChI=1S/C6H3BBr4O2/c8-3-1-2(7(12)13)4(9)6(11)5(3)10/h1,12-13H. The fourth-order valence-corrected chi connectivity index (χ4v) is 3.03. The third-order valence-corrected chi connectivity index (χ3v) is 6.10. The lowest BCUT2D eigenvalue weighted by Crippen LogP contribution is -2.31. The lowest BCUT2D eigenvalue weighted by Gasteiger charge is -2.08. The van der Waals surface area contributed by atoms with Crippen LogP contribution >= 0.6 is 63.7 Å². The van der Waals surface area contributed by atoms with Crippen molar-refractivity contribution < 1.29 is 10.0 Å². The van der Waals surface area contributed by atoms with Crippen molar-refractivity contribution in [3.8, 4) is 0 Å². The summed E-state index contributed by atoms with van der Waals surface area (Å²) in [5, 5.41) is 18.0. The van der Waals surface area contributed by atoms with E-state index >= 15 is 0 Å². The highest BCUT2D eigenvalue weighted by Gasteiger charge is 2.19. The van der Waals surface area contributed by atoms with Crippen molar-refractivity contribution in [1.29, 1.82) is 0 Å². The molecule has 1 aromatic carbocycles. The van der Waals surface area contributed by atoms with Crippen LogP contribution in [0.25, 0.3) is 0 Å². The molecule has 1 aromatic rings. The molecule has 0 amide bonds. The van der Waals surface area contributed by atoms with E-state index < -0.39 is 7.12 Å². The number of hydrogen-bond donors (Lipinski definition) is 2. The van der Waals surface area contributed by atoms with Gasteiger partial charge in [-0.2, -0.15) is 0 Å². The summed E-state index contributed by atoms with van der Waals surface area (Å²) in [5.74, 6) is 0. The predicted octanol–water partition coefficient (Wildman–Crippen LogP) is 2.42. The van der Waals surface area contributed by atoms with E-state index in [1.807, 2.05) is 0 Å². The van der Waals surface area contributed by atoms with Gasteiger partial charge in [0, 0.05) is 17.9 Å². The van der Waals surface area contributed by atoms with Gasteiger partial charge >= 0.3 is 7.12 Å². The monoisotopic (exact) mass is 434 g/mol. The molecule has 0 saturated heterocycles. The molecular formula is C6H3BBr4O2. The van der Waals surface area contributed by atoms with E-state index in [9.17, 15) is 0 Å². The average Bonchev–Trinajstić information content (AvgIpc) is 2.07. The highest BCUT2D eigenvalue weighted by molar-refractivity contribution is 9.15. The molecule has 70 valence electrons. The van der Waals surface area contributed by atoms with E-state index in [1.165, 1.54) is 0 Å². The molecule has 0 spiro atoms. The minimum absolute atomic E-state index is 0.405. The molecule has 0 bridgehead atoms. The molecule has 0 aliphatic heterocycles. The number of hydrogen-bond acceptors (Lipinski definition) is 2. The minimum atomic E-state index is -1.49. The summed E-state index contributed by atoms with van der Waals surface area (Å²) in [7, 11) is -1.49. The zero-order valence-corrected chi connectivity index (χ0v) is 12.4. The number of halogens is 4. The minimum Gasteiger partial charge on any atom is -0.423 e. The van der Waals surface area contributed by atoms with Crippen LogP contribution in [0.3, 0.4) is 0 Å². The van der Waals surface area contributed by atoms with Gasteiger partial charge in [-0.05, 0) is 75.2 Å². The molecule has 0 atom stereocenters. The quantitative estimate of drug-likeness (QED) is 0.403. The molecule has 1 rings (SSSR count). The Morgan fingerprint density at radius 1 is 0.923 bits per heavy atom. The third kappa shape index (κ3) is 2.57. The van der Waals surface area contributed by atoms with Gasteiger partial charge in [-0.3, -0.25) is 0 Å². The van der Waals surface area contributed by atoms with Crippen LogP contribution in [0.4, 0.5) is 0 Å². The van der Waals surface area contributed by atoms with E-state index in [0.29, 0.717) is 9.94 Å². The Bertz CT molecular complexity index is 342. The molecule has 13 heavy (non-hydrogen) atoms. The van der Waals surface area contributed by atoms with Gasteiger partial charge < -0.3 is 10.0 Å². The molecular weight excluding hydrogens is 434 g/mol. The zero-order valence-electron chi connectivity index (χ0n) is 6.06. The first-order chi connectivity index (χ1) is 5.95. The Kier molecular flexibility index (Phi) is 4.47. The third-order valence-electron chi connectivity index (χ3n) is 1.41. The Morgan fingerprint density at radius 3 is 1.92 bits per heavy atom. The predicted molar refractivity (Wildman–Crippen MR) is 67.1 cm³/mol. The summed E-state index contributed by atoms with van der Waals surface area (Å²) in [6, 6.07) is 1.63. The maximum Gasteiger partial charge on any atom is 0.489 e. The molecule has 0 heterocycles. The molecule has 0 aliphatic rings. The Hall–Kier alpha value is 1.12. The van der Waals surface area contributed by atoms with Gasteiger partial charge in [0.1, 0.15) is 0 Å². The number of rotatable bonds is 1. The van der Waals surface area contributed by atoms with Crippen molar-refractivity contribution >= 4 is 76.3 Å². The van der Waals surface area contributed by atoms with Gasteiger partial charge in [0.15, 0.2) is 0 Å². The van der Waals surface area contributed by atoms with Crippen LogP contribution in [0.2, 0.25) is 0 Å². The first kappa shape index (κ1) is 12.2. The Morgan fingerprint density at radius 2 is 1.46 bits per heavy atom. The van der Waals surface area contributed by atoms with E-state index in [0.717, 1.165) is 13.4 Å². The van der Waals surface area contributed by atoms with Crippen LogP contribution in [-0.2, 0) is 0 Å². The van der Waals surface area contributed by atoms with Gasteiger partial charge in [-0.15, -0.1) is 0 Å². The van der Waals surface area contributed by atoms with Gasteiger partial charge in [0.05, 0.1) is 0 Å². The maximum absolute atomic E-state index is 9.01. The summed E-state index contributed by atoms with van der Waals surface area (Å²) in [4.78, 5) is 0. The van der Waals surface area contributed by atoms with Crippen molar-refractivity contribution in [2.24, 2.45) is 0 Å². The van der Waals surface area contributed by atoms with Crippen LogP contribution in [0.5, 0.6) is 0 Å². The van der Waals surface area contributed by atoms with Crippen molar-refractivity contribution in [3.63, 3.8) is 0 Å². The highest BCUT2D eigenvalue weighted by Crippen LogP contribution is 2.35. The lowest BCUT2D eigenvalue weighted by atomic mass is 9.80. The summed E-state index contributed by atoms with van der Waals surface area (Å²) < 4.78 is 2.94. The summed E-state index contributed by atoms with van der Waals surface area (Å²) >= 11 is 13.2. The second kappa shape index (κ2) is 4.76. The van der Waals surface area contributed by atoms with E-state index in [2.05, 4.69) is 63.7 Å². The molecule has 0 aliphatic carbocycles. The zero-order chi connectivity index (χ0) is 10.2. The normalized spacial score (nSPS) is 10.3. The number of benzene rings is 1. The maximum atomic E-state index is 9.01. The van der Waals surface area contributed by atoms with Crippen LogP contribution in [0, 0.1) is 0 Å². The highest BCUT2D eigenvalue weighted by atomic mass is 79.9. The smallest absolute Gasteiger partial charge is 0.423 e. The van der Waals surface area contributed by atoms with Crippen molar-refractivity contribution in [2.75, 3.05) is 0 Å². The SMILES string of the molecule is OB(O)c1cc(Br)c(Br)c(Br)c1Br. The fourth-order valence-electron chi connectivity index (χ4n) is 0.779. The van der Waals surface area contributed by atoms with Crippen molar-refractivity contribution in [1.82, 2.24) is 0 Å². The molecule has 2 nitrogen and oxygen atoms in total. The molecule has 2 N–H and O–H groups in total. The second-order valence-corrected chi connectivity index (χ2v) is 5.50. The summed E-state index contributed by atoms with van der Waals surface area (Å²) in [6.45, 7) is 0. The molecule has 0 saturated carbocycles. The first-order valence-electron chi connectivity index (χ1n) is 3.14. The lowest BCUT2D eigenvalue weighted by molar-refractivity contribution is 0.425. The van der Waals surface area contributed by atoms with Crippen molar-refractivity contribution in [3.05, 3.63) is 24.0 Å². The molecule has 0 aromatic heterocycles. The molecule has 7 heteroatoms. The molecule has 0 unspecified atom stereocenters. The topological polar surface area (TPSA) is 40.5 Å². The first-order valence-corrected chi connectivity index (χ1v) is 6.31. The Labute approximate surface area is 109 Å². The van der Waals surface area contributed by atoms with Gasteiger partial charge in [0.25, 0.3) is 0 Å². The van der Waals surface area contributed by atoms with Gasteiger partial charge in [-0.1, -0.05) is 0 Å². The summed E-state index contributed by atoms with van der Waals surface area (Å²) in [5.41, 5.74) is 0.405. The fraction of sp³-hybridized carbons (Fsp3) is 0. The largest absolute Gasteiger partial charge is 0.489 e. The van der Waals surface area contributed by atoms with E-state index in [4.69, 9.17) is 10.0 Å². The molecule has 0 fully saturated rings. The van der Waals surface area contributed by atoms with Gasteiger partial charge in [-0.25, -0.2) is 0 Å². The van der Waals surface area contributed by atoms with Crippen molar-refractivity contribution in [2.45, 2.75) is 0 Å². The van der Waals surface area contributed by atoms with E-state index in [-0.39, 0.29) is 0 Å². The Balaban J connectivity index is 3.41. The average molecular weight is 438 g/mol. The van der Waals surface area contributed by atoms with Crippen LogP contribution in [0.1, 0.15) is 0 Å². The second-order valence-electron chi connectivity index (χ2n) is 2.26. The van der Waals surface area contributed by atoms with Crippen LogP contribution in [-0.4, -0.2) is 17.2 Å². The summed E-state index contributed by atoms with van der Waals surface area (Å²) in [6.07, 6.45) is 0.